The number of rotatable bonds is 3. The SMILES string of the molecule is CC(CC#N)N(C)c1c(C#N)cnc2ccccc12. The maximum Gasteiger partial charge on any atom is 0.103 e. The highest BCUT2D eigenvalue weighted by molar-refractivity contribution is 5.94. The monoisotopic (exact) mass is 250 g/mol. The quantitative estimate of drug-likeness (QED) is 0.840. The van der Waals surface area contributed by atoms with Gasteiger partial charge >= 0.3 is 0 Å². The lowest BCUT2D eigenvalue weighted by Crippen LogP contribution is -2.29. The summed E-state index contributed by atoms with van der Waals surface area (Å²) in [5.74, 6) is 0. The lowest BCUT2D eigenvalue weighted by molar-refractivity contribution is 0.704. The molecule has 0 saturated heterocycles. The van der Waals surface area contributed by atoms with Crippen molar-refractivity contribution in [1.29, 1.82) is 10.5 Å². The zero-order valence-electron chi connectivity index (χ0n) is 11.0. The van der Waals surface area contributed by atoms with Gasteiger partial charge in [0.25, 0.3) is 0 Å². The lowest BCUT2D eigenvalue weighted by atomic mass is 10.1. The summed E-state index contributed by atoms with van der Waals surface area (Å²) in [5, 5.41) is 19.0. The predicted molar refractivity (Wildman–Crippen MR) is 74.6 cm³/mol. The van der Waals surface area contributed by atoms with E-state index in [4.69, 9.17) is 5.26 Å². The highest BCUT2D eigenvalue weighted by atomic mass is 15.1. The third kappa shape index (κ3) is 2.34. The molecule has 1 atom stereocenters. The molecule has 19 heavy (non-hydrogen) atoms. The molecule has 0 aliphatic heterocycles. The molecule has 94 valence electrons. The van der Waals surface area contributed by atoms with Crippen LogP contribution in [0.1, 0.15) is 18.9 Å². The molecule has 4 heteroatoms. The summed E-state index contributed by atoms with van der Waals surface area (Å²) in [5.41, 5.74) is 2.23. The molecule has 1 aromatic carbocycles. The van der Waals surface area contributed by atoms with Crippen LogP contribution >= 0.6 is 0 Å². The highest BCUT2D eigenvalue weighted by Crippen LogP contribution is 2.29. The van der Waals surface area contributed by atoms with Crippen LogP contribution in [0.5, 0.6) is 0 Å². The maximum atomic E-state index is 9.26. The number of anilines is 1. The minimum Gasteiger partial charge on any atom is -0.369 e. The molecule has 0 amide bonds. The van der Waals surface area contributed by atoms with Gasteiger partial charge < -0.3 is 4.90 Å². The van der Waals surface area contributed by atoms with Gasteiger partial charge in [-0.1, -0.05) is 18.2 Å². The predicted octanol–water partition coefficient (Wildman–Crippen LogP) is 2.84. The second kappa shape index (κ2) is 5.37. The van der Waals surface area contributed by atoms with Crippen molar-refractivity contribution in [2.75, 3.05) is 11.9 Å². The van der Waals surface area contributed by atoms with Gasteiger partial charge in [0.1, 0.15) is 6.07 Å². The molecule has 0 radical (unpaired) electrons. The number of hydrogen-bond acceptors (Lipinski definition) is 4. The summed E-state index contributed by atoms with van der Waals surface area (Å²) >= 11 is 0. The molecule has 0 saturated carbocycles. The minimum atomic E-state index is 0.0444. The topological polar surface area (TPSA) is 63.7 Å². The first-order chi connectivity index (χ1) is 9.19. The summed E-state index contributed by atoms with van der Waals surface area (Å²) in [6, 6.07) is 12.1. The molecule has 0 N–H and O–H groups in total. The van der Waals surface area contributed by atoms with Crippen molar-refractivity contribution in [2.45, 2.75) is 19.4 Å². The molecule has 2 aromatic rings. The van der Waals surface area contributed by atoms with Gasteiger partial charge in [-0.05, 0) is 13.0 Å². The van der Waals surface area contributed by atoms with Gasteiger partial charge in [-0.3, -0.25) is 4.98 Å². The Labute approximate surface area is 112 Å². The number of nitriles is 2. The smallest absolute Gasteiger partial charge is 0.103 e. The first-order valence-corrected chi connectivity index (χ1v) is 6.06. The largest absolute Gasteiger partial charge is 0.369 e. The molecule has 1 heterocycles. The Hall–Kier alpha value is -2.59. The zero-order valence-corrected chi connectivity index (χ0v) is 11.0. The Kier molecular flexibility index (Phi) is 3.63. The second-order valence-corrected chi connectivity index (χ2v) is 4.47. The Bertz CT molecular complexity index is 679. The van der Waals surface area contributed by atoms with Crippen molar-refractivity contribution in [3.05, 3.63) is 36.0 Å². The van der Waals surface area contributed by atoms with E-state index in [2.05, 4.69) is 17.1 Å². The van der Waals surface area contributed by atoms with E-state index in [1.54, 1.807) is 6.20 Å². The Balaban J connectivity index is 2.63. The van der Waals surface area contributed by atoms with Gasteiger partial charge in [-0.2, -0.15) is 10.5 Å². The van der Waals surface area contributed by atoms with E-state index in [1.165, 1.54) is 0 Å². The van der Waals surface area contributed by atoms with Crippen molar-refractivity contribution >= 4 is 16.6 Å². The summed E-state index contributed by atoms with van der Waals surface area (Å²) in [7, 11) is 1.91. The van der Waals surface area contributed by atoms with Gasteiger partial charge in [-0.25, -0.2) is 0 Å². The fourth-order valence-electron chi connectivity index (χ4n) is 2.08. The molecule has 0 bridgehead atoms. The molecule has 2 rings (SSSR count). The third-order valence-corrected chi connectivity index (χ3v) is 3.27. The summed E-state index contributed by atoms with van der Waals surface area (Å²) in [4.78, 5) is 6.26. The second-order valence-electron chi connectivity index (χ2n) is 4.47. The van der Waals surface area contributed by atoms with Crippen molar-refractivity contribution in [3.8, 4) is 12.1 Å². The molecule has 0 aliphatic rings. The fourth-order valence-corrected chi connectivity index (χ4v) is 2.08. The van der Waals surface area contributed by atoms with Crippen LogP contribution in [0.15, 0.2) is 30.5 Å². The van der Waals surface area contributed by atoms with Crippen molar-refractivity contribution < 1.29 is 0 Å². The van der Waals surface area contributed by atoms with E-state index in [1.807, 2.05) is 43.1 Å². The number of hydrogen-bond donors (Lipinski definition) is 0. The van der Waals surface area contributed by atoms with Crippen LogP contribution in [-0.2, 0) is 0 Å². The number of aromatic nitrogens is 1. The van der Waals surface area contributed by atoms with Gasteiger partial charge in [0.15, 0.2) is 0 Å². The molecule has 1 unspecified atom stereocenters. The Morgan fingerprint density at radius 1 is 1.32 bits per heavy atom. The highest BCUT2D eigenvalue weighted by Gasteiger charge is 2.17. The van der Waals surface area contributed by atoms with Crippen LogP contribution in [0.4, 0.5) is 5.69 Å². The standard InChI is InChI=1S/C15H14N4/c1-11(7-8-16)19(2)15-12(9-17)10-18-14-6-4-3-5-13(14)15/h3-6,10-11H,7H2,1-2H3. The lowest BCUT2D eigenvalue weighted by Gasteiger charge is -2.27. The van der Waals surface area contributed by atoms with E-state index in [-0.39, 0.29) is 6.04 Å². The summed E-state index contributed by atoms with van der Waals surface area (Å²) in [6.45, 7) is 1.97. The third-order valence-electron chi connectivity index (χ3n) is 3.27. The first kappa shape index (κ1) is 12.9. The summed E-state index contributed by atoms with van der Waals surface area (Å²) in [6.07, 6.45) is 2.01. The zero-order chi connectivity index (χ0) is 13.8. The van der Waals surface area contributed by atoms with Crippen LogP contribution in [-0.4, -0.2) is 18.1 Å². The van der Waals surface area contributed by atoms with E-state index in [0.717, 1.165) is 16.6 Å². The minimum absolute atomic E-state index is 0.0444. The Morgan fingerprint density at radius 2 is 2.05 bits per heavy atom. The van der Waals surface area contributed by atoms with E-state index in [0.29, 0.717) is 12.0 Å². The van der Waals surface area contributed by atoms with Crippen LogP contribution in [0.2, 0.25) is 0 Å². The van der Waals surface area contributed by atoms with Gasteiger partial charge in [0, 0.05) is 24.7 Å². The number of nitrogens with zero attached hydrogens (tertiary/aromatic N) is 4. The number of pyridine rings is 1. The first-order valence-electron chi connectivity index (χ1n) is 6.06. The molecule has 0 spiro atoms. The van der Waals surface area contributed by atoms with Crippen LogP contribution in [0.25, 0.3) is 10.9 Å². The van der Waals surface area contributed by atoms with E-state index < -0.39 is 0 Å². The Morgan fingerprint density at radius 3 is 2.74 bits per heavy atom. The fraction of sp³-hybridized carbons (Fsp3) is 0.267. The van der Waals surface area contributed by atoms with Crippen molar-refractivity contribution in [3.63, 3.8) is 0 Å². The van der Waals surface area contributed by atoms with Crippen molar-refractivity contribution in [2.24, 2.45) is 0 Å². The van der Waals surface area contributed by atoms with Crippen LogP contribution < -0.4 is 4.90 Å². The average Bonchev–Trinajstić information content (AvgIpc) is 2.45. The van der Waals surface area contributed by atoms with E-state index >= 15 is 0 Å². The normalized spacial score (nSPS) is 11.6. The maximum absolute atomic E-state index is 9.26. The molecule has 4 nitrogen and oxygen atoms in total. The molecule has 0 fully saturated rings. The molecule has 0 aliphatic carbocycles. The summed E-state index contributed by atoms with van der Waals surface area (Å²) < 4.78 is 0. The average molecular weight is 250 g/mol. The number of benzene rings is 1. The number of para-hydroxylation sites is 1. The molecule has 1 aromatic heterocycles. The van der Waals surface area contributed by atoms with E-state index in [9.17, 15) is 5.26 Å². The van der Waals surface area contributed by atoms with Crippen LogP contribution in [0.3, 0.4) is 0 Å². The molecular formula is C15H14N4. The van der Waals surface area contributed by atoms with Crippen LogP contribution in [0, 0.1) is 22.7 Å². The van der Waals surface area contributed by atoms with Gasteiger partial charge in [0.2, 0.25) is 0 Å². The van der Waals surface area contributed by atoms with Crippen molar-refractivity contribution in [1.82, 2.24) is 4.98 Å². The molecular weight excluding hydrogens is 236 g/mol. The van der Waals surface area contributed by atoms with Gasteiger partial charge in [0.05, 0.1) is 29.3 Å². The number of fused-ring (bicyclic) bond motifs is 1. The van der Waals surface area contributed by atoms with Gasteiger partial charge in [-0.15, -0.1) is 0 Å².